The summed E-state index contributed by atoms with van der Waals surface area (Å²) in [6.45, 7) is 1.62. The molecular formula is C11H16N2O4S. The highest BCUT2D eigenvalue weighted by molar-refractivity contribution is 7.92. The molecule has 1 amide bonds. The monoisotopic (exact) mass is 272 g/mol. The Bertz CT molecular complexity index is 528. The van der Waals surface area contributed by atoms with Crippen LogP contribution in [0, 0.1) is 0 Å². The van der Waals surface area contributed by atoms with Gasteiger partial charge < -0.3 is 10.1 Å². The van der Waals surface area contributed by atoms with Gasteiger partial charge in [-0.05, 0) is 25.1 Å². The summed E-state index contributed by atoms with van der Waals surface area (Å²) < 4.78 is 29.3. The molecule has 0 radical (unpaired) electrons. The Balaban J connectivity index is 2.80. The van der Waals surface area contributed by atoms with Crippen LogP contribution >= 0.6 is 0 Å². The van der Waals surface area contributed by atoms with Crippen LogP contribution < -0.4 is 10.0 Å². The summed E-state index contributed by atoms with van der Waals surface area (Å²) in [5.41, 5.74) is 0.887. The van der Waals surface area contributed by atoms with Gasteiger partial charge in [0.15, 0.2) is 0 Å². The molecule has 0 aliphatic carbocycles. The third kappa shape index (κ3) is 4.72. The lowest BCUT2D eigenvalue weighted by atomic mass is 10.2. The molecule has 1 unspecified atom stereocenters. The average Bonchev–Trinajstić information content (AvgIpc) is 2.26. The van der Waals surface area contributed by atoms with Crippen LogP contribution in [0.2, 0.25) is 0 Å². The zero-order valence-corrected chi connectivity index (χ0v) is 11.2. The van der Waals surface area contributed by atoms with Crippen LogP contribution in [0.15, 0.2) is 24.3 Å². The molecule has 0 aliphatic rings. The molecule has 0 aliphatic heterocycles. The number of amides is 1. The molecule has 0 saturated heterocycles. The van der Waals surface area contributed by atoms with Crippen molar-refractivity contribution in [2.75, 3.05) is 23.4 Å². The van der Waals surface area contributed by atoms with Crippen LogP contribution in [-0.2, 0) is 19.6 Å². The Morgan fingerprint density at radius 3 is 2.50 bits per heavy atom. The Morgan fingerprint density at radius 2 is 1.94 bits per heavy atom. The van der Waals surface area contributed by atoms with Gasteiger partial charge in [-0.2, -0.15) is 0 Å². The second kappa shape index (κ2) is 5.83. The van der Waals surface area contributed by atoms with Crippen molar-refractivity contribution in [2.45, 2.75) is 13.0 Å². The van der Waals surface area contributed by atoms with E-state index in [4.69, 9.17) is 4.74 Å². The first-order chi connectivity index (χ1) is 8.31. The topological polar surface area (TPSA) is 84.5 Å². The molecular weight excluding hydrogens is 256 g/mol. The van der Waals surface area contributed by atoms with Crippen LogP contribution in [0.4, 0.5) is 11.4 Å². The van der Waals surface area contributed by atoms with E-state index in [2.05, 4.69) is 10.0 Å². The van der Waals surface area contributed by atoms with E-state index in [1.165, 1.54) is 13.2 Å². The van der Waals surface area contributed by atoms with Gasteiger partial charge in [0.1, 0.15) is 6.10 Å². The number of anilines is 2. The van der Waals surface area contributed by atoms with Gasteiger partial charge in [-0.15, -0.1) is 0 Å². The average molecular weight is 272 g/mol. The summed E-state index contributed by atoms with van der Waals surface area (Å²) in [4.78, 5) is 11.6. The molecule has 0 spiro atoms. The van der Waals surface area contributed by atoms with Gasteiger partial charge in [0.2, 0.25) is 10.0 Å². The number of ether oxygens (including phenoxy) is 1. The molecule has 1 aromatic carbocycles. The normalized spacial score (nSPS) is 12.8. The fourth-order valence-electron chi connectivity index (χ4n) is 1.23. The highest BCUT2D eigenvalue weighted by atomic mass is 32.2. The van der Waals surface area contributed by atoms with Crippen molar-refractivity contribution < 1.29 is 17.9 Å². The summed E-state index contributed by atoms with van der Waals surface area (Å²) in [5.74, 6) is -0.297. The predicted octanol–water partition coefficient (Wildman–Crippen LogP) is 1.03. The fraction of sp³-hybridized carbons (Fsp3) is 0.364. The summed E-state index contributed by atoms with van der Waals surface area (Å²) in [5, 5.41) is 2.62. The molecule has 0 bridgehead atoms. The maximum absolute atomic E-state index is 11.6. The minimum absolute atomic E-state index is 0.297. The molecule has 1 aromatic rings. The minimum atomic E-state index is -3.33. The van der Waals surface area contributed by atoms with E-state index in [0.29, 0.717) is 11.4 Å². The molecule has 6 nitrogen and oxygen atoms in total. The second-order valence-corrected chi connectivity index (χ2v) is 5.57. The molecule has 0 fully saturated rings. The summed E-state index contributed by atoms with van der Waals surface area (Å²) in [6.07, 6.45) is 0.488. The molecule has 7 heteroatoms. The van der Waals surface area contributed by atoms with Gasteiger partial charge >= 0.3 is 0 Å². The van der Waals surface area contributed by atoms with Crippen molar-refractivity contribution in [3.05, 3.63) is 24.3 Å². The third-order valence-electron chi connectivity index (χ3n) is 2.16. The van der Waals surface area contributed by atoms with Crippen molar-refractivity contribution in [3.63, 3.8) is 0 Å². The smallest absolute Gasteiger partial charge is 0.253 e. The number of carbonyl (C=O) groups excluding carboxylic acids is 1. The van der Waals surface area contributed by atoms with E-state index < -0.39 is 16.1 Å². The predicted molar refractivity (Wildman–Crippen MR) is 70.0 cm³/mol. The summed E-state index contributed by atoms with van der Waals surface area (Å²) in [6, 6.07) is 6.42. The highest BCUT2D eigenvalue weighted by Gasteiger charge is 2.11. The van der Waals surface area contributed by atoms with E-state index in [1.807, 2.05) is 0 Å². The van der Waals surface area contributed by atoms with Crippen molar-refractivity contribution in [1.82, 2.24) is 0 Å². The second-order valence-electron chi connectivity index (χ2n) is 3.82. The third-order valence-corrected chi connectivity index (χ3v) is 2.76. The molecule has 1 atom stereocenters. The highest BCUT2D eigenvalue weighted by Crippen LogP contribution is 2.16. The van der Waals surface area contributed by atoms with E-state index >= 15 is 0 Å². The first-order valence-electron chi connectivity index (χ1n) is 5.23. The van der Waals surface area contributed by atoms with Gasteiger partial charge in [0, 0.05) is 12.8 Å². The number of hydrogen-bond donors (Lipinski definition) is 2. The quantitative estimate of drug-likeness (QED) is 0.838. The number of sulfonamides is 1. The molecule has 0 aromatic heterocycles. The Morgan fingerprint density at radius 1 is 1.33 bits per heavy atom. The zero-order chi connectivity index (χ0) is 13.8. The molecule has 0 saturated carbocycles. The van der Waals surface area contributed by atoms with Gasteiger partial charge in [-0.1, -0.05) is 6.07 Å². The van der Waals surface area contributed by atoms with Crippen LogP contribution in [0.1, 0.15) is 6.92 Å². The molecule has 1 rings (SSSR count). The molecule has 2 N–H and O–H groups in total. The lowest BCUT2D eigenvalue weighted by Crippen LogP contribution is -2.26. The SMILES string of the molecule is COC(C)C(=O)Nc1cccc(NS(C)(=O)=O)c1. The van der Waals surface area contributed by atoms with E-state index in [-0.39, 0.29) is 5.91 Å². The zero-order valence-electron chi connectivity index (χ0n) is 10.4. The van der Waals surface area contributed by atoms with Crippen molar-refractivity contribution in [2.24, 2.45) is 0 Å². The van der Waals surface area contributed by atoms with Crippen LogP contribution in [0.5, 0.6) is 0 Å². The first-order valence-corrected chi connectivity index (χ1v) is 7.12. The van der Waals surface area contributed by atoms with Gasteiger partial charge in [0.25, 0.3) is 5.91 Å². The van der Waals surface area contributed by atoms with Gasteiger partial charge in [-0.25, -0.2) is 8.42 Å². The molecule has 18 heavy (non-hydrogen) atoms. The molecule has 100 valence electrons. The fourth-order valence-corrected chi connectivity index (χ4v) is 1.78. The number of nitrogens with one attached hydrogen (secondary N) is 2. The maximum Gasteiger partial charge on any atom is 0.253 e. The Hall–Kier alpha value is -1.60. The number of hydrogen-bond acceptors (Lipinski definition) is 4. The van der Waals surface area contributed by atoms with Crippen molar-refractivity contribution in [1.29, 1.82) is 0 Å². The Kier molecular flexibility index (Phi) is 4.69. The minimum Gasteiger partial charge on any atom is -0.372 e. The standard InChI is InChI=1S/C11H16N2O4S/c1-8(17-2)11(14)12-9-5-4-6-10(7-9)13-18(3,15)16/h4-8,13H,1-3H3,(H,12,14). The van der Waals surface area contributed by atoms with E-state index in [9.17, 15) is 13.2 Å². The van der Waals surface area contributed by atoms with Gasteiger partial charge in [-0.3, -0.25) is 9.52 Å². The summed E-state index contributed by atoms with van der Waals surface area (Å²) >= 11 is 0. The van der Waals surface area contributed by atoms with Crippen molar-refractivity contribution in [3.8, 4) is 0 Å². The number of rotatable bonds is 5. The lowest BCUT2D eigenvalue weighted by Gasteiger charge is -2.11. The van der Waals surface area contributed by atoms with Crippen LogP contribution in [0.3, 0.4) is 0 Å². The summed E-state index contributed by atoms with van der Waals surface area (Å²) in [7, 11) is -1.89. The lowest BCUT2D eigenvalue weighted by molar-refractivity contribution is -0.124. The van der Waals surface area contributed by atoms with Crippen molar-refractivity contribution >= 4 is 27.3 Å². The maximum atomic E-state index is 11.6. The number of carbonyl (C=O) groups is 1. The Labute approximate surface area is 106 Å². The number of methoxy groups -OCH3 is 1. The number of benzene rings is 1. The van der Waals surface area contributed by atoms with Gasteiger partial charge in [0.05, 0.1) is 11.9 Å². The van der Waals surface area contributed by atoms with Crippen LogP contribution in [-0.4, -0.2) is 33.8 Å². The van der Waals surface area contributed by atoms with E-state index in [1.54, 1.807) is 25.1 Å². The first kappa shape index (κ1) is 14.5. The molecule has 0 heterocycles. The van der Waals surface area contributed by atoms with Crippen LogP contribution in [0.25, 0.3) is 0 Å². The van der Waals surface area contributed by atoms with E-state index in [0.717, 1.165) is 6.26 Å². The largest absolute Gasteiger partial charge is 0.372 e.